The molecule has 1 saturated carbocycles. The number of halogens is 2. The van der Waals surface area contributed by atoms with Gasteiger partial charge in [-0.15, -0.1) is 0 Å². The Bertz CT molecular complexity index is 537. The van der Waals surface area contributed by atoms with Gasteiger partial charge in [0.1, 0.15) is 11.6 Å². The van der Waals surface area contributed by atoms with E-state index in [-0.39, 0.29) is 24.3 Å². The first kappa shape index (κ1) is 16.4. The third-order valence-electron chi connectivity index (χ3n) is 3.77. The molecule has 1 fully saturated rings. The summed E-state index contributed by atoms with van der Waals surface area (Å²) in [5.41, 5.74) is -0.110. The summed E-state index contributed by atoms with van der Waals surface area (Å²) in [5, 5.41) is 13.8. The molecule has 2 amide bonds. The number of rotatable bonds is 3. The molecule has 1 aromatic rings. The Morgan fingerprint density at radius 1 is 1.05 bits per heavy atom. The van der Waals surface area contributed by atoms with E-state index in [4.69, 9.17) is 5.11 Å². The summed E-state index contributed by atoms with van der Waals surface area (Å²) in [4.78, 5) is 23.5. The smallest absolute Gasteiger partial charge is 0.313 e. The topological polar surface area (TPSA) is 78.4 Å². The van der Waals surface area contributed by atoms with Crippen molar-refractivity contribution < 1.29 is 23.5 Å². The average molecular weight is 312 g/mol. The number of hydrogen-bond acceptors (Lipinski definition) is 3. The minimum Gasteiger partial charge on any atom is -0.396 e. The van der Waals surface area contributed by atoms with Crippen molar-refractivity contribution in [2.75, 3.05) is 11.9 Å². The fourth-order valence-electron chi connectivity index (χ4n) is 2.55. The van der Waals surface area contributed by atoms with E-state index in [1.165, 1.54) is 0 Å². The molecule has 22 heavy (non-hydrogen) atoms. The number of carbonyl (C=O) groups is 2. The molecular weight excluding hydrogens is 294 g/mol. The maximum absolute atomic E-state index is 13.0. The summed E-state index contributed by atoms with van der Waals surface area (Å²) >= 11 is 0. The highest BCUT2D eigenvalue weighted by Gasteiger charge is 2.24. The lowest BCUT2D eigenvalue weighted by Gasteiger charge is -2.27. The van der Waals surface area contributed by atoms with Crippen LogP contribution in [0, 0.1) is 17.6 Å². The van der Waals surface area contributed by atoms with Crippen molar-refractivity contribution in [3.63, 3.8) is 0 Å². The normalized spacial score (nSPS) is 21.2. The summed E-state index contributed by atoms with van der Waals surface area (Å²) in [6.07, 6.45) is 2.97. The van der Waals surface area contributed by atoms with E-state index in [1.807, 2.05) is 0 Å². The van der Waals surface area contributed by atoms with Gasteiger partial charge in [-0.05, 0) is 43.7 Å². The molecule has 0 bridgehead atoms. The first-order valence-electron chi connectivity index (χ1n) is 7.16. The Hall–Kier alpha value is -2.02. The maximum atomic E-state index is 13.0. The van der Waals surface area contributed by atoms with Crippen LogP contribution in [0.25, 0.3) is 0 Å². The Morgan fingerprint density at radius 3 is 2.18 bits per heavy atom. The number of hydrogen-bond donors (Lipinski definition) is 3. The second-order valence-corrected chi connectivity index (χ2v) is 5.49. The van der Waals surface area contributed by atoms with Gasteiger partial charge in [0.05, 0.1) is 0 Å². The van der Waals surface area contributed by atoms with Crippen LogP contribution in [0.4, 0.5) is 14.5 Å². The van der Waals surface area contributed by atoms with Crippen molar-refractivity contribution in [3.8, 4) is 0 Å². The summed E-state index contributed by atoms with van der Waals surface area (Å²) in [6, 6.07) is 2.42. The Balaban J connectivity index is 1.86. The number of benzene rings is 1. The molecule has 7 heteroatoms. The zero-order valence-corrected chi connectivity index (χ0v) is 11.9. The summed E-state index contributed by atoms with van der Waals surface area (Å²) in [6.45, 7) is 0.131. The van der Waals surface area contributed by atoms with Crippen LogP contribution >= 0.6 is 0 Å². The SMILES string of the molecule is O=C(Nc1cc(F)cc(F)c1)C(=O)NC1CCC(CO)CC1. The van der Waals surface area contributed by atoms with Gasteiger partial charge >= 0.3 is 11.8 Å². The number of carbonyl (C=O) groups excluding carboxylic acids is 2. The van der Waals surface area contributed by atoms with Crippen LogP contribution in [0.1, 0.15) is 25.7 Å². The van der Waals surface area contributed by atoms with Gasteiger partial charge < -0.3 is 15.7 Å². The molecule has 0 aromatic heterocycles. The fourth-order valence-corrected chi connectivity index (χ4v) is 2.55. The number of amides is 2. The lowest BCUT2D eigenvalue weighted by molar-refractivity contribution is -0.136. The van der Waals surface area contributed by atoms with E-state index in [2.05, 4.69) is 10.6 Å². The van der Waals surface area contributed by atoms with E-state index in [0.717, 1.165) is 25.0 Å². The highest BCUT2D eigenvalue weighted by Crippen LogP contribution is 2.23. The van der Waals surface area contributed by atoms with Crippen LogP contribution in [-0.4, -0.2) is 29.6 Å². The predicted octanol–water partition coefficient (Wildman–Crippen LogP) is 1.57. The van der Waals surface area contributed by atoms with Crippen molar-refractivity contribution >= 4 is 17.5 Å². The molecule has 2 rings (SSSR count). The van der Waals surface area contributed by atoms with Gasteiger partial charge in [0.2, 0.25) is 0 Å². The molecular formula is C15H18F2N2O3. The third kappa shape index (κ3) is 4.49. The first-order valence-corrected chi connectivity index (χ1v) is 7.16. The second kappa shape index (κ2) is 7.31. The van der Waals surface area contributed by atoms with E-state index in [1.54, 1.807) is 0 Å². The maximum Gasteiger partial charge on any atom is 0.313 e. The monoisotopic (exact) mass is 312 g/mol. The number of nitrogens with one attached hydrogen (secondary N) is 2. The van der Waals surface area contributed by atoms with Gasteiger partial charge in [0.25, 0.3) is 0 Å². The zero-order valence-electron chi connectivity index (χ0n) is 11.9. The fraction of sp³-hybridized carbons (Fsp3) is 0.467. The predicted molar refractivity (Wildman–Crippen MR) is 76.0 cm³/mol. The van der Waals surface area contributed by atoms with Crippen molar-refractivity contribution in [2.45, 2.75) is 31.7 Å². The Morgan fingerprint density at radius 2 is 1.64 bits per heavy atom. The van der Waals surface area contributed by atoms with E-state index in [9.17, 15) is 18.4 Å². The van der Waals surface area contributed by atoms with Crippen molar-refractivity contribution in [3.05, 3.63) is 29.8 Å². The minimum absolute atomic E-state index is 0.110. The molecule has 0 spiro atoms. The lowest BCUT2D eigenvalue weighted by atomic mass is 9.86. The van der Waals surface area contributed by atoms with Crippen LogP contribution in [-0.2, 0) is 9.59 Å². The molecule has 120 valence electrons. The molecule has 1 aromatic carbocycles. The van der Waals surface area contributed by atoms with Gasteiger partial charge in [-0.1, -0.05) is 0 Å². The molecule has 0 atom stereocenters. The summed E-state index contributed by atoms with van der Waals surface area (Å²) < 4.78 is 26.0. The van der Waals surface area contributed by atoms with Crippen LogP contribution in [0.2, 0.25) is 0 Å². The van der Waals surface area contributed by atoms with Gasteiger partial charge in [-0.2, -0.15) is 0 Å². The molecule has 1 aliphatic rings. The first-order chi connectivity index (χ1) is 10.5. The number of anilines is 1. The van der Waals surface area contributed by atoms with Crippen molar-refractivity contribution in [2.24, 2.45) is 5.92 Å². The lowest BCUT2D eigenvalue weighted by Crippen LogP contribution is -2.43. The highest BCUT2D eigenvalue weighted by molar-refractivity contribution is 6.39. The zero-order chi connectivity index (χ0) is 16.1. The molecule has 1 aliphatic carbocycles. The number of aliphatic hydroxyl groups is 1. The van der Waals surface area contributed by atoms with Crippen LogP contribution in [0.15, 0.2) is 18.2 Å². The minimum atomic E-state index is -0.964. The molecule has 0 radical (unpaired) electrons. The summed E-state index contributed by atoms with van der Waals surface area (Å²) in [7, 11) is 0. The van der Waals surface area contributed by atoms with Crippen molar-refractivity contribution in [1.82, 2.24) is 5.32 Å². The molecule has 0 unspecified atom stereocenters. The second-order valence-electron chi connectivity index (χ2n) is 5.49. The van der Waals surface area contributed by atoms with E-state index in [0.29, 0.717) is 18.9 Å². The largest absolute Gasteiger partial charge is 0.396 e. The third-order valence-corrected chi connectivity index (χ3v) is 3.77. The highest BCUT2D eigenvalue weighted by atomic mass is 19.1. The molecule has 0 heterocycles. The van der Waals surface area contributed by atoms with E-state index >= 15 is 0 Å². The average Bonchev–Trinajstić information content (AvgIpc) is 2.46. The molecule has 0 saturated heterocycles. The van der Waals surface area contributed by atoms with Crippen LogP contribution in [0.5, 0.6) is 0 Å². The van der Waals surface area contributed by atoms with Gasteiger partial charge in [0.15, 0.2) is 0 Å². The standard InChI is InChI=1S/C15H18F2N2O3/c16-10-5-11(17)7-13(6-10)19-15(22)14(21)18-12-3-1-9(8-20)2-4-12/h5-7,9,12,20H,1-4,8H2,(H,18,21)(H,19,22). The Kier molecular flexibility index (Phi) is 5.43. The quantitative estimate of drug-likeness (QED) is 0.741. The van der Waals surface area contributed by atoms with E-state index < -0.39 is 23.4 Å². The van der Waals surface area contributed by atoms with Gasteiger partial charge in [-0.25, -0.2) is 8.78 Å². The molecule has 3 N–H and O–H groups in total. The molecule has 5 nitrogen and oxygen atoms in total. The van der Waals surface area contributed by atoms with Crippen LogP contribution in [0.3, 0.4) is 0 Å². The van der Waals surface area contributed by atoms with Crippen molar-refractivity contribution in [1.29, 1.82) is 0 Å². The van der Waals surface area contributed by atoms with Crippen LogP contribution < -0.4 is 10.6 Å². The summed E-state index contributed by atoms with van der Waals surface area (Å²) in [5.74, 6) is -3.22. The number of aliphatic hydroxyl groups excluding tert-OH is 1. The molecule has 0 aliphatic heterocycles. The van der Waals surface area contributed by atoms with Gasteiger partial charge in [0, 0.05) is 24.4 Å². The Labute approximate surface area is 126 Å². The van der Waals surface area contributed by atoms with Gasteiger partial charge in [-0.3, -0.25) is 9.59 Å².